The molecule has 3 heterocycles. The average Bonchev–Trinajstić information content (AvgIpc) is 3.45. The first kappa shape index (κ1) is 18.2. The Kier molecular flexibility index (Phi) is 4.69. The molecule has 1 unspecified atom stereocenters. The third-order valence-corrected chi connectivity index (χ3v) is 7.22. The second kappa shape index (κ2) is 7.21. The molecule has 2 aliphatic heterocycles. The monoisotopic (exact) mass is 384 g/mol. The van der Waals surface area contributed by atoms with Gasteiger partial charge in [0.1, 0.15) is 5.82 Å². The van der Waals surface area contributed by atoms with E-state index < -0.39 is 0 Å². The summed E-state index contributed by atoms with van der Waals surface area (Å²) in [6.07, 6.45) is 8.22. The van der Waals surface area contributed by atoms with Gasteiger partial charge in [-0.2, -0.15) is 0 Å². The van der Waals surface area contributed by atoms with Gasteiger partial charge < -0.3 is 14.5 Å². The van der Waals surface area contributed by atoms with E-state index in [9.17, 15) is 4.79 Å². The highest BCUT2D eigenvalue weighted by Gasteiger charge is 2.51. The second-order valence-corrected chi connectivity index (χ2v) is 9.17. The quantitative estimate of drug-likeness (QED) is 0.798. The van der Waals surface area contributed by atoms with Crippen LogP contribution in [0.1, 0.15) is 50.5 Å². The summed E-state index contributed by atoms with van der Waals surface area (Å²) in [6.45, 7) is 8.53. The first-order valence-electron chi connectivity index (χ1n) is 11.0. The van der Waals surface area contributed by atoms with Crippen LogP contribution < -0.4 is 4.90 Å². The molecule has 4 aliphatic rings. The molecule has 0 bridgehead atoms. The summed E-state index contributed by atoms with van der Waals surface area (Å²) in [5.74, 6) is 1.98. The van der Waals surface area contributed by atoms with Gasteiger partial charge in [-0.25, -0.2) is 9.78 Å². The third kappa shape index (κ3) is 3.36. The molecule has 1 amide bonds. The first-order chi connectivity index (χ1) is 13.7. The smallest absolute Gasteiger partial charge is 0.409 e. The van der Waals surface area contributed by atoms with Crippen molar-refractivity contribution in [2.24, 2.45) is 5.41 Å². The predicted octanol–water partition coefficient (Wildman–Crippen LogP) is 3.09. The van der Waals surface area contributed by atoms with Crippen LogP contribution in [0.5, 0.6) is 0 Å². The van der Waals surface area contributed by atoms with Gasteiger partial charge in [0.05, 0.1) is 6.61 Å². The number of amides is 1. The summed E-state index contributed by atoms with van der Waals surface area (Å²) in [5.41, 5.74) is 1.82. The highest BCUT2D eigenvalue weighted by atomic mass is 16.6. The van der Waals surface area contributed by atoms with E-state index in [4.69, 9.17) is 9.72 Å². The van der Waals surface area contributed by atoms with Crippen LogP contribution in [-0.2, 0) is 4.74 Å². The van der Waals surface area contributed by atoms with Crippen molar-refractivity contribution >= 4 is 11.9 Å². The van der Waals surface area contributed by atoms with E-state index >= 15 is 0 Å². The van der Waals surface area contributed by atoms with Gasteiger partial charge in [0.2, 0.25) is 0 Å². The molecule has 2 saturated carbocycles. The number of hydrogen-bond donors (Lipinski definition) is 0. The fraction of sp³-hybridized carbons (Fsp3) is 0.727. The molecule has 1 atom stereocenters. The van der Waals surface area contributed by atoms with Gasteiger partial charge in [-0.3, -0.25) is 4.90 Å². The number of nitrogens with zero attached hydrogens (tertiary/aromatic N) is 4. The standard InChI is InChI=1S/C22H32N4O2/c1-2-28-21(27)26-15-22(16-26)8-7-18(14-22)24-10-12-25(13-11-24)20-19(17-5-6-17)4-3-9-23-20/h3-4,9,17-18H,2,5-8,10-16H2,1H3. The summed E-state index contributed by atoms with van der Waals surface area (Å²) in [5, 5.41) is 0. The highest BCUT2D eigenvalue weighted by molar-refractivity contribution is 5.69. The van der Waals surface area contributed by atoms with E-state index in [0.717, 1.165) is 45.2 Å². The largest absolute Gasteiger partial charge is 0.450 e. The maximum atomic E-state index is 11.9. The molecule has 6 nitrogen and oxygen atoms in total. The maximum Gasteiger partial charge on any atom is 0.409 e. The summed E-state index contributed by atoms with van der Waals surface area (Å²) < 4.78 is 5.14. The Morgan fingerprint density at radius 1 is 1.21 bits per heavy atom. The van der Waals surface area contributed by atoms with Crippen molar-refractivity contribution in [3.63, 3.8) is 0 Å². The van der Waals surface area contributed by atoms with E-state index in [0.29, 0.717) is 18.1 Å². The lowest BCUT2D eigenvalue weighted by molar-refractivity contribution is -0.00294. The predicted molar refractivity (Wildman–Crippen MR) is 109 cm³/mol. The molecule has 1 aromatic rings. The minimum absolute atomic E-state index is 0.132. The Balaban J connectivity index is 1.14. The maximum absolute atomic E-state index is 11.9. The van der Waals surface area contributed by atoms with Crippen molar-refractivity contribution < 1.29 is 9.53 Å². The molecule has 6 heteroatoms. The first-order valence-corrected chi connectivity index (χ1v) is 11.0. The molecule has 0 aromatic carbocycles. The van der Waals surface area contributed by atoms with Crippen LogP contribution in [0.25, 0.3) is 0 Å². The van der Waals surface area contributed by atoms with Crippen LogP contribution in [0.15, 0.2) is 18.3 Å². The Morgan fingerprint density at radius 2 is 2.00 bits per heavy atom. The molecule has 28 heavy (non-hydrogen) atoms. The van der Waals surface area contributed by atoms with Crippen molar-refractivity contribution in [2.75, 3.05) is 50.8 Å². The number of aromatic nitrogens is 1. The van der Waals surface area contributed by atoms with Gasteiger partial charge in [0, 0.05) is 56.9 Å². The van der Waals surface area contributed by atoms with Gasteiger partial charge in [0.15, 0.2) is 0 Å². The molecule has 1 spiro atoms. The van der Waals surface area contributed by atoms with Gasteiger partial charge in [-0.1, -0.05) is 6.07 Å². The number of piperazine rings is 1. The zero-order chi connectivity index (χ0) is 19.1. The molecule has 152 valence electrons. The zero-order valence-corrected chi connectivity index (χ0v) is 17.0. The molecule has 2 aliphatic carbocycles. The molecule has 2 saturated heterocycles. The number of pyridine rings is 1. The van der Waals surface area contributed by atoms with E-state index in [1.165, 1.54) is 43.5 Å². The van der Waals surface area contributed by atoms with Crippen molar-refractivity contribution in [1.82, 2.24) is 14.8 Å². The molecular formula is C22H32N4O2. The molecule has 0 N–H and O–H groups in total. The fourth-order valence-corrected chi connectivity index (χ4v) is 5.57. The van der Waals surface area contributed by atoms with Crippen LogP contribution in [-0.4, -0.2) is 72.8 Å². The Hall–Kier alpha value is -1.82. The van der Waals surface area contributed by atoms with Crippen molar-refractivity contribution in [1.29, 1.82) is 0 Å². The van der Waals surface area contributed by atoms with Crippen LogP contribution in [0.3, 0.4) is 0 Å². The van der Waals surface area contributed by atoms with Gasteiger partial charge in [-0.15, -0.1) is 0 Å². The Labute approximate surface area is 167 Å². The van der Waals surface area contributed by atoms with Crippen LogP contribution in [0.2, 0.25) is 0 Å². The van der Waals surface area contributed by atoms with Gasteiger partial charge in [0.25, 0.3) is 0 Å². The van der Waals surface area contributed by atoms with Crippen molar-refractivity contribution in [3.8, 4) is 0 Å². The molecule has 5 rings (SSSR count). The van der Waals surface area contributed by atoms with E-state index in [1.54, 1.807) is 0 Å². The summed E-state index contributed by atoms with van der Waals surface area (Å²) in [4.78, 5) is 23.7. The molecular weight excluding hydrogens is 352 g/mol. The SMILES string of the molecule is CCOC(=O)N1CC2(CCC(N3CCN(c4ncccc4C4CC4)CC3)C2)C1. The number of anilines is 1. The van der Waals surface area contributed by atoms with Crippen LogP contribution in [0, 0.1) is 5.41 Å². The number of hydrogen-bond acceptors (Lipinski definition) is 5. The third-order valence-electron chi connectivity index (χ3n) is 7.22. The number of likely N-dealkylation sites (tertiary alicyclic amines) is 1. The zero-order valence-electron chi connectivity index (χ0n) is 17.0. The Morgan fingerprint density at radius 3 is 2.71 bits per heavy atom. The van der Waals surface area contributed by atoms with E-state index in [-0.39, 0.29) is 6.09 Å². The minimum atomic E-state index is -0.132. The van der Waals surface area contributed by atoms with Gasteiger partial charge >= 0.3 is 6.09 Å². The number of carbonyl (C=O) groups is 1. The minimum Gasteiger partial charge on any atom is -0.450 e. The highest BCUT2D eigenvalue weighted by Crippen LogP contribution is 2.47. The average molecular weight is 385 g/mol. The summed E-state index contributed by atoms with van der Waals surface area (Å²) in [7, 11) is 0. The lowest BCUT2D eigenvalue weighted by atomic mass is 9.78. The lowest BCUT2D eigenvalue weighted by Crippen LogP contribution is -2.58. The molecule has 0 radical (unpaired) electrons. The normalized spacial score (nSPS) is 27.1. The van der Waals surface area contributed by atoms with Crippen molar-refractivity contribution in [2.45, 2.75) is 51.0 Å². The molecule has 1 aromatic heterocycles. The van der Waals surface area contributed by atoms with Crippen LogP contribution in [0.4, 0.5) is 10.6 Å². The van der Waals surface area contributed by atoms with Gasteiger partial charge in [-0.05, 0) is 56.6 Å². The number of ether oxygens (including phenoxy) is 1. The topological polar surface area (TPSA) is 48.9 Å². The van der Waals surface area contributed by atoms with Crippen molar-refractivity contribution in [3.05, 3.63) is 23.9 Å². The number of rotatable bonds is 4. The lowest BCUT2D eigenvalue weighted by Gasteiger charge is -2.48. The second-order valence-electron chi connectivity index (χ2n) is 9.17. The Bertz CT molecular complexity index is 721. The van der Waals surface area contributed by atoms with Crippen LogP contribution >= 0.6 is 0 Å². The summed E-state index contributed by atoms with van der Waals surface area (Å²) in [6, 6.07) is 5.04. The number of carbonyl (C=O) groups excluding carboxylic acids is 1. The fourth-order valence-electron chi connectivity index (χ4n) is 5.57. The molecule has 4 fully saturated rings. The summed E-state index contributed by atoms with van der Waals surface area (Å²) >= 11 is 0. The van der Waals surface area contributed by atoms with E-state index in [2.05, 4.69) is 21.9 Å². The van der Waals surface area contributed by atoms with E-state index in [1.807, 2.05) is 18.0 Å².